The number of amides is 1. The molecule has 1 fully saturated rings. The average Bonchev–Trinajstić information content (AvgIpc) is 3.25. The molecule has 2 aromatic heterocycles. The number of anilines is 1. The molecule has 0 bridgehead atoms. The molecule has 0 spiro atoms. The number of rotatable bonds is 4. The molecule has 1 amide bonds. The minimum atomic E-state index is -1.23. The Balaban J connectivity index is 0.00000225. The number of carbonyl (C=O) groups is 1. The Morgan fingerprint density at radius 1 is 1.14 bits per heavy atom. The van der Waals surface area contributed by atoms with Gasteiger partial charge in [-0.2, -0.15) is 0 Å². The van der Waals surface area contributed by atoms with Gasteiger partial charge in [0.15, 0.2) is 6.23 Å². The number of benzene rings is 1. The first-order valence-electron chi connectivity index (χ1n) is 8.40. The molecule has 3 aromatic rings. The first kappa shape index (κ1) is 20.0. The van der Waals surface area contributed by atoms with Crippen LogP contribution >= 0.6 is 0 Å². The molecular formula is C18H18BN4O5. The molecule has 4 N–H and O–H groups in total. The van der Waals surface area contributed by atoms with E-state index in [0.717, 1.165) is 0 Å². The van der Waals surface area contributed by atoms with Gasteiger partial charge < -0.3 is 29.9 Å². The molecule has 10 heteroatoms. The van der Waals surface area contributed by atoms with Crippen LogP contribution in [0.4, 0.5) is 5.82 Å². The van der Waals surface area contributed by atoms with E-state index in [1.165, 1.54) is 6.33 Å². The molecule has 1 aromatic carbocycles. The molecule has 4 atom stereocenters. The molecule has 1 saturated heterocycles. The maximum Gasteiger partial charge on any atom is 0.256 e. The number of nitrogens with zero attached hydrogens (tertiary/aromatic N) is 3. The van der Waals surface area contributed by atoms with Crippen LogP contribution in [0.1, 0.15) is 16.6 Å². The van der Waals surface area contributed by atoms with E-state index in [-0.39, 0.29) is 14.3 Å². The summed E-state index contributed by atoms with van der Waals surface area (Å²) in [4.78, 5) is 20.7. The number of fused-ring (bicyclic) bond motifs is 1. The summed E-state index contributed by atoms with van der Waals surface area (Å²) in [5, 5.41) is 32.8. The Kier molecular flexibility index (Phi) is 5.75. The number of carbonyl (C=O) groups excluding carboxylic acids is 1. The molecule has 0 aliphatic carbocycles. The normalized spacial score (nSPS) is 24.1. The lowest BCUT2D eigenvalue weighted by Gasteiger charge is -2.17. The van der Waals surface area contributed by atoms with Crippen molar-refractivity contribution in [3.63, 3.8) is 0 Å². The minimum absolute atomic E-state index is 0. The van der Waals surface area contributed by atoms with Gasteiger partial charge in [0.2, 0.25) is 0 Å². The van der Waals surface area contributed by atoms with Gasteiger partial charge in [-0.1, -0.05) is 18.2 Å². The van der Waals surface area contributed by atoms with Gasteiger partial charge in [-0.15, -0.1) is 0 Å². The second-order valence-corrected chi connectivity index (χ2v) is 6.23. The standard InChI is InChI=1S/C18H18N4O5.B/c23-8-12-13(24)14(25)18(27-12)22-7-6-11-15(19-9-20-16(11)22)21-17(26)10-4-2-1-3-5-10;/h1-7,9,12-14,18,23-25H,8H2,(H,19,20,21,26);/t12-,13+,14?,18-;/m1./s1. The maximum absolute atomic E-state index is 12.4. The summed E-state index contributed by atoms with van der Waals surface area (Å²) in [6, 6.07) is 10.4. The lowest BCUT2D eigenvalue weighted by Crippen LogP contribution is -2.33. The Hall–Kier alpha value is -2.79. The zero-order valence-corrected chi connectivity index (χ0v) is 14.7. The van der Waals surface area contributed by atoms with Crippen molar-refractivity contribution in [1.82, 2.24) is 14.5 Å². The van der Waals surface area contributed by atoms with Crippen LogP contribution < -0.4 is 5.32 Å². The zero-order valence-electron chi connectivity index (χ0n) is 14.7. The first-order chi connectivity index (χ1) is 13.1. The highest BCUT2D eigenvalue weighted by molar-refractivity contribution is 6.07. The molecule has 1 aliphatic rings. The fraction of sp³-hybridized carbons (Fsp3) is 0.278. The van der Waals surface area contributed by atoms with Crippen molar-refractivity contribution in [1.29, 1.82) is 0 Å². The quantitative estimate of drug-likeness (QED) is 0.465. The molecule has 28 heavy (non-hydrogen) atoms. The predicted molar refractivity (Wildman–Crippen MR) is 101 cm³/mol. The lowest BCUT2D eigenvalue weighted by molar-refractivity contribution is -0.0508. The monoisotopic (exact) mass is 381 g/mol. The van der Waals surface area contributed by atoms with Gasteiger partial charge in [-0.3, -0.25) is 4.79 Å². The van der Waals surface area contributed by atoms with Crippen molar-refractivity contribution in [3.8, 4) is 0 Å². The van der Waals surface area contributed by atoms with E-state index in [1.807, 2.05) is 6.07 Å². The summed E-state index contributed by atoms with van der Waals surface area (Å²) in [5.74, 6) is 0.00983. The number of nitrogens with one attached hydrogen (secondary N) is 1. The van der Waals surface area contributed by atoms with Crippen LogP contribution in [0.15, 0.2) is 48.9 Å². The van der Waals surface area contributed by atoms with Crippen LogP contribution in [0.3, 0.4) is 0 Å². The summed E-state index contributed by atoms with van der Waals surface area (Å²) in [6.07, 6.45) is -1.33. The van der Waals surface area contributed by atoms with Crippen molar-refractivity contribution in [2.24, 2.45) is 0 Å². The largest absolute Gasteiger partial charge is 0.394 e. The second-order valence-electron chi connectivity index (χ2n) is 6.23. The highest BCUT2D eigenvalue weighted by atomic mass is 16.6. The predicted octanol–water partition coefficient (Wildman–Crippen LogP) is -0.0857. The van der Waals surface area contributed by atoms with Crippen LogP contribution in [0.5, 0.6) is 0 Å². The molecule has 4 rings (SSSR count). The van der Waals surface area contributed by atoms with E-state index < -0.39 is 31.1 Å². The van der Waals surface area contributed by atoms with Gasteiger partial charge in [0.1, 0.15) is 36.1 Å². The van der Waals surface area contributed by atoms with E-state index in [9.17, 15) is 20.1 Å². The van der Waals surface area contributed by atoms with E-state index in [4.69, 9.17) is 4.74 Å². The molecule has 1 aliphatic heterocycles. The lowest BCUT2D eigenvalue weighted by atomic mass is 10.1. The summed E-state index contributed by atoms with van der Waals surface area (Å²) in [5.41, 5.74) is 0.912. The highest BCUT2D eigenvalue weighted by Gasteiger charge is 2.43. The minimum Gasteiger partial charge on any atom is -0.394 e. The second kappa shape index (κ2) is 8.07. The highest BCUT2D eigenvalue weighted by Crippen LogP contribution is 2.33. The van der Waals surface area contributed by atoms with E-state index in [1.54, 1.807) is 41.1 Å². The molecule has 143 valence electrons. The Morgan fingerprint density at radius 2 is 1.89 bits per heavy atom. The Bertz CT molecular complexity index is 967. The van der Waals surface area contributed by atoms with Crippen LogP contribution in [0.2, 0.25) is 0 Å². The van der Waals surface area contributed by atoms with Gasteiger partial charge in [-0.25, -0.2) is 9.97 Å². The summed E-state index contributed by atoms with van der Waals surface area (Å²) >= 11 is 0. The topological polar surface area (TPSA) is 130 Å². The summed E-state index contributed by atoms with van der Waals surface area (Å²) < 4.78 is 7.08. The van der Waals surface area contributed by atoms with Gasteiger partial charge >= 0.3 is 0 Å². The molecule has 3 radical (unpaired) electrons. The number of ether oxygens (including phenoxy) is 1. The van der Waals surface area contributed by atoms with E-state index in [0.29, 0.717) is 22.4 Å². The van der Waals surface area contributed by atoms with Crippen molar-refractivity contribution in [2.75, 3.05) is 11.9 Å². The third-order valence-electron chi connectivity index (χ3n) is 4.57. The molecule has 0 saturated carbocycles. The molecular weight excluding hydrogens is 363 g/mol. The fourth-order valence-corrected chi connectivity index (χ4v) is 3.15. The van der Waals surface area contributed by atoms with Gasteiger partial charge in [0.05, 0.1) is 12.0 Å². The fourth-order valence-electron chi connectivity index (χ4n) is 3.15. The zero-order chi connectivity index (χ0) is 19.0. The van der Waals surface area contributed by atoms with Crippen molar-refractivity contribution in [3.05, 3.63) is 54.5 Å². The number of aromatic nitrogens is 3. The first-order valence-corrected chi connectivity index (χ1v) is 8.40. The smallest absolute Gasteiger partial charge is 0.256 e. The third kappa shape index (κ3) is 3.38. The van der Waals surface area contributed by atoms with Gasteiger partial charge in [0.25, 0.3) is 5.91 Å². The third-order valence-corrected chi connectivity index (χ3v) is 4.57. The summed E-state index contributed by atoms with van der Waals surface area (Å²) in [6.45, 7) is -0.415. The Morgan fingerprint density at radius 3 is 2.57 bits per heavy atom. The SMILES string of the molecule is O=C(Nc1ncnc2c1ccn2[C@@H]1O[C@H](CO)[C@H](O)C1O)c1ccccc1.[B]. The van der Waals surface area contributed by atoms with E-state index in [2.05, 4.69) is 15.3 Å². The van der Waals surface area contributed by atoms with Crippen molar-refractivity contribution in [2.45, 2.75) is 24.5 Å². The van der Waals surface area contributed by atoms with Crippen molar-refractivity contribution < 1.29 is 24.9 Å². The maximum atomic E-state index is 12.4. The van der Waals surface area contributed by atoms with Crippen LogP contribution in [-0.2, 0) is 4.74 Å². The number of hydrogen-bond donors (Lipinski definition) is 4. The average molecular weight is 381 g/mol. The Labute approximate surface area is 162 Å². The number of hydrogen-bond acceptors (Lipinski definition) is 7. The van der Waals surface area contributed by atoms with Crippen molar-refractivity contribution >= 4 is 31.2 Å². The van der Waals surface area contributed by atoms with Gasteiger partial charge in [0, 0.05) is 20.2 Å². The molecule has 9 nitrogen and oxygen atoms in total. The van der Waals surface area contributed by atoms with Crippen LogP contribution in [0.25, 0.3) is 11.0 Å². The van der Waals surface area contributed by atoms with Crippen LogP contribution in [0, 0.1) is 0 Å². The summed E-state index contributed by atoms with van der Waals surface area (Å²) in [7, 11) is 0. The van der Waals surface area contributed by atoms with E-state index >= 15 is 0 Å². The molecule has 1 unspecified atom stereocenters. The number of aliphatic hydroxyl groups is 3. The number of aliphatic hydroxyl groups excluding tert-OH is 3. The molecule has 3 heterocycles. The van der Waals surface area contributed by atoms with Gasteiger partial charge in [-0.05, 0) is 18.2 Å². The van der Waals surface area contributed by atoms with Crippen LogP contribution in [-0.4, -0.2) is 69.1 Å².